The van der Waals surface area contributed by atoms with Crippen LogP contribution in [0, 0.1) is 0 Å². The molecule has 0 saturated carbocycles. The van der Waals surface area contributed by atoms with E-state index in [0.717, 1.165) is 55.7 Å². The summed E-state index contributed by atoms with van der Waals surface area (Å²) in [5.74, 6) is -0.214. The van der Waals surface area contributed by atoms with Crippen molar-refractivity contribution in [2.75, 3.05) is 33.2 Å². The van der Waals surface area contributed by atoms with E-state index in [1.54, 1.807) is 12.1 Å². The third-order valence-corrected chi connectivity index (χ3v) is 6.53. The maximum atomic E-state index is 13.3. The highest BCUT2D eigenvalue weighted by molar-refractivity contribution is 5.94. The van der Waals surface area contributed by atoms with Crippen LogP contribution in [0.25, 0.3) is 0 Å². The summed E-state index contributed by atoms with van der Waals surface area (Å²) in [6.45, 7) is 6.57. The molecule has 2 aromatic rings. The molecule has 4 rings (SSSR count). The average molecular weight is 480 g/mol. The number of ether oxygens (including phenoxy) is 1. The van der Waals surface area contributed by atoms with E-state index in [0.29, 0.717) is 31.7 Å². The number of nitrogens with one attached hydrogen (secondary N) is 1. The van der Waals surface area contributed by atoms with E-state index in [9.17, 15) is 18.0 Å². The van der Waals surface area contributed by atoms with Crippen LogP contribution < -0.4 is 10.1 Å². The number of alkyl halides is 3. The third kappa shape index (κ3) is 5.90. The lowest BCUT2D eigenvalue weighted by atomic mass is 9.90. The molecule has 1 N–H and O–H groups in total. The van der Waals surface area contributed by atoms with Crippen molar-refractivity contribution in [3.8, 4) is 5.75 Å². The Morgan fingerprint density at radius 1 is 1.18 bits per heavy atom. The highest BCUT2D eigenvalue weighted by atomic mass is 19.4. The first-order valence-corrected chi connectivity index (χ1v) is 11.9. The van der Waals surface area contributed by atoms with E-state index in [4.69, 9.17) is 5.10 Å². The smallest absolute Gasteiger partial charge is 0.406 e. The minimum Gasteiger partial charge on any atom is -0.406 e. The zero-order chi connectivity index (χ0) is 24.3. The monoisotopic (exact) mass is 479 g/mol. The molecule has 2 heterocycles. The van der Waals surface area contributed by atoms with Gasteiger partial charge in [0, 0.05) is 56.6 Å². The molecular formula is C24H32F3N5O2. The molecule has 1 aromatic carbocycles. The Balaban J connectivity index is 1.43. The predicted molar refractivity (Wildman–Crippen MR) is 122 cm³/mol. The summed E-state index contributed by atoms with van der Waals surface area (Å²) in [7, 11) is 2.06. The zero-order valence-corrected chi connectivity index (χ0v) is 19.7. The summed E-state index contributed by atoms with van der Waals surface area (Å²) in [6.07, 6.45) is -1.27. The van der Waals surface area contributed by atoms with Crippen LogP contribution >= 0.6 is 0 Å². The standard InChI is InChI=1S/C24H32F3N5O2/c1-3-10-32-21-9-6-18(28-16-17-4-7-19(8-5-17)34-24(25,26)27)15-20(21)22(29-32)23(33)31-13-11-30(2)12-14-31/h4-5,7-8,18,28H,3,6,9-16H2,1-2H3. The van der Waals surface area contributed by atoms with E-state index in [1.807, 2.05) is 9.58 Å². The number of hydrogen-bond acceptors (Lipinski definition) is 5. The second-order valence-electron chi connectivity index (χ2n) is 9.10. The Bertz CT molecular complexity index is 982. The number of nitrogens with zero attached hydrogens (tertiary/aromatic N) is 4. The number of piperazine rings is 1. The van der Waals surface area contributed by atoms with Crippen LogP contribution in [-0.2, 0) is 25.9 Å². The Hall–Kier alpha value is -2.59. The van der Waals surface area contributed by atoms with Gasteiger partial charge in [-0.05, 0) is 50.4 Å². The van der Waals surface area contributed by atoms with Gasteiger partial charge in [-0.15, -0.1) is 13.2 Å². The van der Waals surface area contributed by atoms with Crippen molar-refractivity contribution in [3.63, 3.8) is 0 Å². The molecule has 1 amide bonds. The highest BCUT2D eigenvalue weighted by Crippen LogP contribution is 2.27. The number of benzene rings is 1. The van der Waals surface area contributed by atoms with Crippen LogP contribution in [0.4, 0.5) is 13.2 Å². The van der Waals surface area contributed by atoms with Gasteiger partial charge in [-0.3, -0.25) is 9.48 Å². The fraction of sp³-hybridized carbons (Fsp3) is 0.583. The van der Waals surface area contributed by atoms with E-state index in [1.165, 1.54) is 12.1 Å². The Morgan fingerprint density at radius 3 is 2.53 bits per heavy atom. The highest BCUT2D eigenvalue weighted by Gasteiger charge is 2.32. The molecule has 1 atom stereocenters. The lowest BCUT2D eigenvalue weighted by Gasteiger charge is -2.32. The third-order valence-electron chi connectivity index (χ3n) is 6.53. The summed E-state index contributed by atoms with van der Waals surface area (Å²) < 4.78 is 43.0. The van der Waals surface area contributed by atoms with Gasteiger partial charge in [0.1, 0.15) is 5.75 Å². The van der Waals surface area contributed by atoms with Crippen molar-refractivity contribution < 1.29 is 22.7 Å². The molecule has 1 aromatic heterocycles. The molecule has 1 unspecified atom stereocenters. The maximum Gasteiger partial charge on any atom is 0.573 e. The van der Waals surface area contributed by atoms with Gasteiger partial charge in [-0.2, -0.15) is 5.10 Å². The topological polar surface area (TPSA) is 62.6 Å². The number of aryl methyl sites for hydroxylation is 1. The molecule has 0 bridgehead atoms. The molecule has 2 aliphatic rings. The van der Waals surface area contributed by atoms with Crippen molar-refractivity contribution in [2.24, 2.45) is 0 Å². The number of aromatic nitrogens is 2. The Kier molecular flexibility index (Phi) is 7.47. The molecule has 34 heavy (non-hydrogen) atoms. The molecule has 1 aliphatic heterocycles. The van der Waals surface area contributed by atoms with Crippen LogP contribution in [0.5, 0.6) is 5.75 Å². The second kappa shape index (κ2) is 10.4. The van der Waals surface area contributed by atoms with Gasteiger partial charge in [-0.1, -0.05) is 19.1 Å². The van der Waals surface area contributed by atoms with Crippen LogP contribution in [0.3, 0.4) is 0 Å². The number of amides is 1. The number of carbonyl (C=O) groups is 1. The van der Waals surface area contributed by atoms with Gasteiger partial charge in [0.25, 0.3) is 5.91 Å². The second-order valence-corrected chi connectivity index (χ2v) is 9.10. The van der Waals surface area contributed by atoms with Crippen molar-refractivity contribution in [1.29, 1.82) is 0 Å². The minimum absolute atomic E-state index is 0.0140. The molecule has 1 saturated heterocycles. The summed E-state index contributed by atoms with van der Waals surface area (Å²) in [6, 6.07) is 6.07. The van der Waals surface area contributed by atoms with Gasteiger partial charge < -0.3 is 19.9 Å². The molecule has 7 nitrogen and oxygen atoms in total. The molecule has 1 aliphatic carbocycles. The van der Waals surface area contributed by atoms with Crippen molar-refractivity contribution in [3.05, 3.63) is 46.8 Å². The normalized spacial score (nSPS) is 19.2. The fourth-order valence-electron chi connectivity index (χ4n) is 4.66. The first-order chi connectivity index (χ1) is 16.2. The van der Waals surface area contributed by atoms with Gasteiger partial charge in [-0.25, -0.2) is 0 Å². The number of halogens is 3. The van der Waals surface area contributed by atoms with E-state index >= 15 is 0 Å². The maximum absolute atomic E-state index is 13.3. The van der Waals surface area contributed by atoms with Crippen molar-refractivity contribution in [1.82, 2.24) is 24.9 Å². The minimum atomic E-state index is -4.69. The van der Waals surface area contributed by atoms with Crippen LogP contribution in [0.15, 0.2) is 24.3 Å². The average Bonchev–Trinajstić information content (AvgIpc) is 3.15. The van der Waals surface area contributed by atoms with Gasteiger partial charge >= 0.3 is 6.36 Å². The van der Waals surface area contributed by atoms with Crippen LogP contribution in [0.1, 0.15) is 47.1 Å². The number of hydrogen-bond donors (Lipinski definition) is 1. The Labute approximate surface area is 197 Å². The largest absolute Gasteiger partial charge is 0.573 e. The molecule has 10 heteroatoms. The Morgan fingerprint density at radius 2 is 1.88 bits per heavy atom. The summed E-state index contributed by atoms with van der Waals surface area (Å²) in [4.78, 5) is 17.5. The number of fused-ring (bicyclic) bond motifs is 1. The lowest BCUT2D eigenvalue weighted by molar-refractivity contribution is -0.274. The van der Waals surface area contributed by atoms with E-state index < -0.39 is 6.36 Å². The molecule has 0 spiro atoms. The number of carbonyl (C=O) groups excluding carboxylic acids is 1. The molecule has 0 radical (unpaired) electrons. The first-order valence-electron chi connectivity index (χ1n) is 11.9. The number of rotatable bonds is 7. The van der Waals surface area contributed by atoms with E-state index in [-0.39, 0.29) is 17.7 Å². The van der Waals surface area contributed by atoms with Crippen molar-refractivity contribution in [2.45, 2.75) is 58.1 Å². The first kappa shape index (κ1) is 24.5. The predicted octanol–water partition coefficient (Wildman–Crippen LogP) is 3.23. The van der Waals surface area contributed by atoms with Crippen LogP contribution in [-0.4, -0.2) is 71.1 Å². The van der Waals surface area contributed by atoms with Gasteiger partial charge in [0.2, 0.25) is 0 Å². The van der Waals surface area contributed by atoms with Gasteiger partial charge in [0.05, 0.1) is 0 Å². The quantitative estimate of drug-likeness (QED) is 0.661. The SMILES string of the molecule is CCCn1nc(C(=O)N2CCN(C)CC2)c2c1CCC(NCc1ccc(OC(F)(F)F)cc1)C2. The van der Waals surface area contributed by atoms with Crippen LogP contribution in [0.2, 0.25) is 0 Å². The summed E-state index contributed by atoms with van der Waals surface area (Å²) in [5, 5.41) is 8.25. The zero-order valence-electron chi connectivity index (χ0n) is 19.7. The lowest BCUT2D eigenvalue weighted by Crippen LogP contribution is -2.47. The molecule has 1 fully saturated rings. The summed E-state index contributed by atoms with van der Waals surface area (Å²) >= 11 is 0. The molecular weight excluding hydrogens is 447 g/mol. The van der Waals surface area contributed by atoms with Gasteiger partial charge in [0.15, 0.2) is 5.69 Å². The fourth-order valence-corrected chi connectivity index (χ4v) is 4.66. The van der Waals surface area contributed by atoms with E-state index in [2.05, 4.69) is 28.9 Å². The van der Waals surface area contributed by atoms with Crippen molar-refractivity contribution >= 4 is 5.91 Å². The molecule has 186 valence electrons. The summed E-state index contributed by atoms with van der Waals surface area (Å²) in [5.41, 5.74) is 3.64. The number of likely N-dealkylation sites (N-methyl/N-ethyl adjacent to an activating group) is 1.